The quantitative estimate of drug-likeness (QED) is 0.733. The van der Waals surface area contributed by atoms with Gasteiger partial charge in [-0.15, -0.1) is 0 Å². The molecule has 0 radical (unpaired) electrons. The topological polar surface area (TPSA) is 59.1 Å². The number of halogens is 2. The number of hydrogen-bond acceptors (Lipinski definition) is 4. The summed E-state index contributed by atoms with van der Waals surface area (Å²) in [6.45, 7) is 4.29. The van der Waals surface area contributed by atoms with Crippen LogP contribution >= 0.6 is 11.6 Å². The first-order chi connectivity index (χ1) is 14.3. The molecule has 8 heteroatoms. The third-order valence-corrected chi connectivity index (χ3v) is 5.57. The third kappa shape index (κ3) is 4.21. The molecule has 1 aliphatic heterocycles. The molecule has 0 aliphatic carbocycles. The van der Waals surface area contributed by atoms with Crippen molar-refractivity contribution in [3.05, 3.63) is 58.4 Å². The number of carbonyl (C=O) groups excluding carboxylic acids is 2. The van der Waals surface area contributed by atoms with Crippen molar-refractivity contribution in [3.63, 3.8) is 0 Å². The van der Waals surface area contributed by atoms with Gasteiger partial charge >= 0.3 is 0 Å². The minimum absolute atomic E-state index is 0.0202. The molecule has 2 amide bonds. The first-order valence-electron chi connectivity index (χ1n) is 9.55. The molecule has 0 N–H and O–H groups in total. The van der Waals surface area contributed by atoms with Gasteiger partial charge in [-0.25, -0.2) is 4.39 Å². The molecule has 0 saturated carbocycles. The largest absolute Gasteiger partial charge is 0.497 e. The zero-order chi connectivity index (χ0) is 22.0. The predicted octanol–water partition coefficient (Wildman–Crippen LogP) is 3.87. The summed E-state index contributed by atoms with van der Waals surface area (Å²) in [5.41, 5.74) is 0.352. The van der Waals surface area contributed by atoms with Crippen LogP contribution in [0.15, 0.2) is 36.4 Å². The van der Waals surface area contributed by atoms with Crippen LogP contribution in [0.3, 0.4) is 0 Å². The molecule has 2 aromatic carbocycles. The molecular weight excluding hydrogens is 411 g/mol. The SMILES string of the molecule is COc1ccc(C(=O)N2C[C@@H](C)N(C(=O)c3ccc(OC)cc3Cl)[C@H](C)C2)c(F)c1. The van der Waals surface area contributed by atoms with Gasteiger partial charge in [0.1, 0.15) is 17.3 Å². The lowest BCUT2D eigenvalue weighted by molar-refractivity contribution is 0.0252. The Kier molecular flexibility index (Phi) is 6.51. The van der Waals surface area contributed by atoms with Gasteiger partial charge in [-0.3, -0.25) is 9.59 Å². The lowest BCUT2D eigenvalue weighted by Gasteiger charge is -2.44. The van der Waals surface area contributed by atoms with E-state index in [1.165, 1.54) is 26.4 Å². The summed E-state index contributed by atoms with van der Waals surface area (Å²) in [5.74, 6) is -0.357. The van der Waals surface area contributed by atoms with Gasteiger partial charge in [0.15, 0.2) is 0 Å². The van der Waals surface area contributed by atoms with E-state index in [-0.39, 0.29) is 36.6 Å². The molecule has 0 unspecified atom stereocenters. The van der Waals surface area contributed by atoms with Crippen molar-refractivity contribution in [1.29, 1.82) is 0 Å². The lowest BCUT2D eigenvalue weighted by Crippen LogP contribution is -2.59. The van der Waals surface area contributed by atoms with E-state index in [1.807, 2.05) is 13.8 Å². The van der Waals surface area contributed by atoms with E-state index in [4.69, 9.17) is 21.1 Å². The molecule has 3 rings (SSSR count). The van der Waals surface area contributed by atoms with E-state index in [2.05, 4.69) is 0 Å². The highest BCUT2D eigenvalue weighted by Crippen LogP contribution is 2.27. The molecule has 1 heterocycles. The maximum Gasteiger partial charge on any atom is 0.256 e. The van der Waals surface area contributed by atoms with E-state index in [9.17, 15) is 14.0 Å². The maximum atomic E-state index is 14.4. The average molecular weight is 435 g/mol. The van der Waals surface area contributed by atoms with Crippen molar-refractivity contribution in [3.8, 4) is 11.5 Å². The average Bonchev–Trinajstić information content (AvgIpc) is 2.72. The minimum Gasteiger partial charge on any atom is -0.497 e. The summed E-state index contributed by atoms with van der Waals surface area (Å²) in [5, 5.41) is 0.303. The fourth-order valence-electron chi connectivity index (χ4n) is 3.79. The van der Waals surface area contributed by atoms with Gasteiger partial charge in [0.05, 0.1) is 30.4 Å². The van der Waals surface area contributed by atoms with Crippen LogP contribution in [0.4, 0.5) is 4.39 Å². The van der Waals surface area contributed by atoms with Gasteiger partial charge in [0.25, 0.3) is 11.8 Å². The second kappa shape index (κ2) is 8.92. The normalized spacial score (nSPS) is 18.9. The van der Waals surface area contributed by atoms with Gasteiger partial charge in [0.2, 0.25) is 0 Å². The van der Waals surface area contributed by atoms with Crippen LogP contribution in [-0.4, -0.2) is 61.0 Å². The molecule has 2 atom stereocenters. The van der Waals surface area contributed by atoms with E-state index >= 15 is 0 Å². The molecule has 1 saturated heterocycles. The second-order valence-electron chi connectivity index (χ2n) is 7.31. The van der Waals surface area contributed by atoms with E-state index in [1.54, 1.807) is 34.1 Å². The van der Waals surface area contributed by atoms with Crippen LogP contribution in [0.2, 0.25) is 5.02 Å². The van der Waals surface area contributed by atoms with Gasteiger partial charge < -0.3 is 19.3 Å². The number of hydrogen-bond donors (Lipinski definition) is 0. The Balaban J connectivity index is 1.78. The molecule has 160 valence electrons. The Labute approximate surface area is 180 Å². The van der Waals surface area contributed by atoms with Crippen molar-refractivity contribution in [2.45, 2.75) is 25.9 Å². The lowest BCUT2D eigenvalue weighted by atomic mass is 10.0. The van der Waals surface area contributed by atoms with Crippen LogP contribution < -0.4 is 9.47 Å². The van der Waals surface area contributed by atoms with Gasteiger partial charge in [-0.05, 0) is 44.2 Å². The number of piperazine rings is 1. The Bertz CT molecular complexity index is 956. The van der Waals surface area contributed by atoms with Crippen molar-refractivity contribution in [2.24, 2.45) is 0 Å². The van der Waals surface area contributed by atoms with Crippen molar-refractivity contribution >= 4 is 23.4 Å². The fraction of sp³-hybridized carbons (Fsp3) is 0.364. The molecule has 0 spiro atoms. The number of benzene rings is 2. The number of rotatable bonds is 4. The molecule has 2 aromatic rings. The molecule has 30 heavy (non-hydrogen) atoms. The fourth-order valence-corrected chi connectivity index (χ4v) is 4.04. The number of methoxy groups -OCH3 is 2. The molecular formula is C22H24ClFN2O4. The number of nitrogens with zero attached hydrogens (tertiary/aromatic N) is 2. The van der Waals surface area contributed by atoms with Gasteiger partial charge in [0, 0.05) is 31.2 Å². The molecule has 1 fully saturated rings. The van der Waals surface area contributed by atoms with E-state index < -0.39 is 11.7 Å². The Morgan fingerprint density at radius 1 is 0.933 bits per heavy atom. The van der Waals surface area contributed by atoms with Crippen molar-refractivity contribution < 1.29 is 23.5 Å². The predicted molar refractivity (Wildman–Crippen MR) is 112 cm³/mol. The van der Waals surface area contributed by atoms with Crippen molar-refractivity contribution in [1.82, 2.24) is 9.80 Å². The number of amides is 2. The van der Waals surface area contributed by atoms with Crippen molar-refractivity contribution in [2.75, 3.05) is 27.3 Å². The van der Waals surface area contributed by atoms with Crippen LogP contribution in [0.25, 0.3) is 0 Å². The summed E-state index contributed by atoms with van der Waals surface area (Å²) in [6.07, 6.45) is 0. The Morgan fingerprint density at radius 2 is 1.47 bits per heavy atom. The monoisotopic (exact) mass is 434 g/mol. The Morgan fingerprint density at radius 3 is 1.97 bits per heavy atom. The second-order valence-corrected chi connectivity index (χ2v) is 7.72. The standard InChI is InChI=1S/C22H24ClFN2O4/c1-13-11-25(21(27)18-8-6-16(30-4)10-20(18)24)12-14(2)26(13)22(28)17-7-5-15(29-3)9-19(17)23/h5-10,13-14H,11-12H2,1-4H3/t13-,14-/m1/s1. The summed E-state index contributed by atoms with van der Waals surface area (Å²) in [6, 6.07) is 8.51. The highest BCUT2D eigenvalue weighted by Gasteiger charge is 2.36. The number of ether oxygens (including phenoxy) is 2. The van der Waals surface area contributed by atoms with Crippen LogP contribution in [0.1, 0.15) is 34.6 Å². The zero-order valence-corrected chi connectivity index (χ0v) is 18.1. The molecule has 1 aliphatic rings. The summed E-state index contributed by atoms with van der Waals surface area (Å²) < 4.78 is 24.5. The van der Waals surface area contributed by atoms with Crippen LogP contribution in [0, 0.1) is 5.82 Å². The molecule has 0 bridgehead atoms. The van der Waals surface area contributed by atoms with Crippen LogP contribution in [-0.2, 0) is 0 Å². The maximum absolute atomic E-state index is 14.4. The summed E-state index contributed by atoms with van der Waals surface area (Å²) in [7, 11) is 2.96. The van der Waals surface area contributed by atoms with Gasteiger partial charge in [-0.1, -0.05) is 11.6 Å². The van der Waals surface area contributed by atoms with E-state index in [0.29, 0.717) is 22.1 Å². The first-order valence-corrected chi connectivity index (χ1v) is 9.93. The highest BCUT2D eigenvalue weighted by atomic mass is 35.5. The molecule has 0 aromatic heterocycles. The minimum atomic E-state index is -0.636. The Hall–Kier alpha value is -2.80. The first kappa shape index (κ1) is 21.9. The van der Waals surface area contributed by atoms with E-state index in [0.717, 1.165) is 0 Å². The highest BCUT2D eigenvalue weighted by molar-refractivity contribution is 6.34. The third-order valence-electron chi connectivity index (χ3n) is 5.25. The smallest absolute Gasteiger partial charge is 0.256 e. The summed E-state index contributed by atoms with van der Waals surface area (Å²) >= 11 is 6.28. The van der Waals surface area contributed by atoms with Crippen LogP contribution in [0.5, 0.6) is 11.5 Å². The molecule has 6 nitrogen and oxygen atoms in total. The zero-order valence-electron chi connectivity index (χ0n) is 17.3. The van der Waals surface area contributed by atoms with Gasteiger partial charge in [-0.2, -0.15) is 0 Å². The number of carbonyl (C=O) groups is 2. The summed E-state index contributed by atoms with van der Waals surface area (Å²) in [4.78, 5) is 29.3.